The summed E-state index contributed by atoms with van der Waals surface area (Å²) in [6.45, 7) is 7.38. The van der Waals surface area contributed by atoms with E-state index in [9.17, 15) is 8.42 Å². The molecule has 0 heterocycles. The van der Waals surface area contributed by atoms with Gasteiger partial charge < -0.3 is 0 Å². The third-order valence-corrected chi connectivity index (χ3v) is 11.5. The van der Waals surface area contributed by atoms with Gasteiger partial charge in [-0.3, -0.25) is 0 Å². The molecular formula is C24H37NO2S. The summed E-state index contributed by atoms with van der Waals surface area (Å²) < 4.78 is 27.9. The third-order valence-electron chi connectivity index (χ3n) is 9.52. The summed E-state index contributed by atoms with van der Waals surface area (Å²) in [5, 5.41) is -0.107. The highest BCUT2D eigenvalue weighted by Gasteiger charge is 2.56. The van der Waals surface area contributed by atoms with Gasteiger partial charge in [-0.05, 0) is 92.8 Å². The number of hydrogen-bond donors (Lipinski definition) is 1. The SMILES string of the molecule is CCC1=CCC2C3CC=C4CC(NS(=O)(=O)C5CC5)CCC4(C)C3CCC12C. The molecule has 0 amide bonds. The van der Waals surface area contributed by atoms with E-state index < -0.39 is 10.0 Å². The van der Waals surface area contributed by atoms with E-state index in [4.69, 9.17) is 0 Å². The van der Waals surface area contributed by atoms with Crippen molar-refractivity contribution in [2.24, 2.45) is 28.6 Å². The van der Waals surface area contributed by atoms with Crippen molar-refractivity contribution in [2.45, 2.75) is 96.3 Å². The van der Waals surface area contributed by atoms with Crippen molar-refractivity contribution in [2.75, 3.05) is 0 Å². The maximum absolute atomic E-state index is 12.4. The summed E-state index contributed by atoms with van der Waals surface area (Å²) in [7, 11) is -3.08. The molecule has 0 aromatic rings. The van der Waals surface area contributed by atoms with Crippen LogP contribution in [-0.4, -0.2) is 19.7 Å². The highest BCUT2D eigenvalue weighted by atomic mass is 32.2. The van der Waals surface area contributed by atoms with E-state index in [0.29, 0.717) is 10.8 Å². The maximum atomic E-state index is 12.4. The Morgan fingerprint density at radius 3 is 2.46 bits per heavy atom. The zero-order chi connectivity index (χ0) is 19.7. The van der Waals surface area contributed by atoms with Crippen molar-refractivity contribution >= 4 is 10.0 Å². The van der Waals surface area contributed by atoms with Crippen LogP contribution in [0.3, 0.4) is 0 Å². The maximum Gasteiger partial charge on any atom is 0.214 e. The molecular weight excluding hydrogens is 366 g/mol. The topological polar surface area (TPSA) is 46.2 Å². The molecule has 3 nitrogen and oxygen atoms in total. The molecule has 0 radical (unpaired) electrons. The zero-order valence-electron chi connectivity index (χ0n) is 17.8. The van der Waals surface area contributed by atoms with Gasteiger partial charge in [-0.1, -0.05) is 44.1 Å². The summed E-state index contributed by atoms with van der Waals surface area (Å²) in [5.41, 5.74) is 4.01. The van der Waals surface area contributed by atoms with E-state index in [-0.39, 0.29) is 11.3 Å². The fraction of sp³-hybridized carbons (Fsp3) is 0.833. The number of nitrogens with one attached hydrogen (secondary N) is 1. The van der Waals surface area contributed by atoms with E-state index >= 15 is 0 Å². The first-order chi connectivity index (χ1) is 13.3. The minimum atomic E-state index is -3.08. The molecule has 1 N–H and O–H groups in total. The first-order valence-corrected chi connectivity index (χ1v) is 13.2. The first-order valence-electron chi connectivity index (χ1n) is 11.7. The van der Waals surface area contributed by atoms with Crippen LogP contribution in [0.15, 0.2) is 23.3 Å². The Labute approximate surface area is 171 Å². The molecule has 0 aliphatic heterocycles. The van der Waals surface area contributed by atoms with Gasteiger partial charge in [0.05, 0.1) is 5.25 Å². The Morgan fingerprint density at radius 1 is 1.00 bits per heavy atom. The molecule has 0 spiro atoms. The number of allylic oxidation sites excluding steroid dienone is 3. The van der Waals surface area contributed by atoms with Crippen molar-refractivity contribution < 1.29 is 8.42 Å². The largest absolute Gasteiger partial charge is 0.214 e. The second kappa shape index (κ2) is 6.44. The summed E-state index contributed by atoms with van der Waals surface area (Å²) in [5.74, 6) is 2.42. The molecule has 4 heteroatoms. The van der Waals surface area contributed by atoms with Gasteiger partial charge in [-0.2, -0.15) is 0 Å². The average molecular weight is 404 g/mol. The second-order valence-electron chi connectivity index (χ2n) is 10.8. The van der Waals surface area contributed by atoms with Crippen LogP contribution in [-0.2, 0) is 10.0 Å². The predicted octanol–water partition coefficient (Wildman–Crippen LogP) is 5.35. The van der Waals surface area contributed by atoms with Crippen LogP contribution in [0.2, 0.25) is 0 Å². The predicted molar refractivity (Wildman–Crippen MR) is 114 cm³/mol. The van der Waals surface area contributed by atoms with Gasteiger partial charge in [0.15, 0.2) is 0 Å². The molecule has 5 aliphatic carbocycles. The summed E-state index contributed by atoms with van der Waals surface area (Å²) >= 11 is 0. The van der Waals surface area contributed by atoms with Crippen LogP contribution in [0.25, 0.3) is 0 Å². The number of rotatable bonds is 4. The van der Waals surface area contributed by atoms with Crippen molar-refractivity contribution in [3.63, 3.8) is 0 Å². The van der Waals surface area contributed by atoms with Gasteiger partial charge in [-0.25, -0.2) is 13.1 Å². The van der Waals surface area contributed by atoms with Gasteiger partial charge >= 0.3 is 0 Å². The fourth-order valence-electron chi connectivity index (χ4n) is 7.67. The van der Waals surface area contributed by atoms with E-state index in [2.05, 4.69) is 37.6 Å². The minimum absolute atomic E-state index is 0.107. The quantitative estimate of drug-likeness (QED) is 0.644. The lowest BCUT2D eigenvalue weighted by Crippen LogP contribution is -2.51. The minimum Gasteiger partial charge on any atom is -0.212 e. The molecule has 3 fully saturated rings. The smallest absolute Gasteiger partial charge is 0.212 e. The Morgan fingerprint density at radius 2 is 1.75 bits per heavy atom. The van der Waals surface area contributed by atoms with Gasteiger partial charge in [0.1, 0.15) is 0 Å². The van der Waals surface area contributed by atoms with E-state index in [0.717, 1.165) is 49.9 Å². The van der Waals surface area contributed by atoms with Crippen LogP contribution in [0.5, 0.6) is 0 Å². The Bertz CT molecular complexity index is 824. The van der Waals surface area contributed by atoms with Gasteiger partial charge in [0.2, 0.25) is 10.0 Å². The van der Waals surface area contributed by atoms with Crippen molar-refractivity contribution in [3.8, 4) is 0 Å². The Kier molecular flexibility index (Phi) is 4.45. The monoisotopic (exact) mass is 403 g/mol. The number of sulfonamides is 1. The Balaban J connectivity index is 1.36. The average Bonchev–Trinajstić information content (AvgIpc) is 3.45. The van der Waals surface area contributed by atoms with Crippen LogP contribution in [0, 0.1) is 28.6 Å². The summed E-state index contributed by atoms with van der Waals surface area (Å²) in [6.07, 6.45) is 16.3. The fourth-order valence-corrected chi connectivity index (χ4v) is 9.29. The van der Waals surface area contributed by atoms with Crippen LogP contribution >= 0.6 is 0 Å². The molecule has 0 aromatic carbocycles. The highest BCUT2D eigenvalue weighted by molar-refractivity contribution is 7.90. The summed E-state index contributed by atoms with van der Waals surface area (Å²) in [6, 6.07) is 0.121. The lowest BCUT2D eigenvalue weighted by atomic mass is 9.47. The van der Waals surface area contributed by atoms with Gasteiger partial charge in [0, 0.05) is 6.04 Å². The van der Waals surface area contributed by atoms with Crippen molar-refractivity contribution in [3.05, 3.63) is 23.3 Å². The molecule has 0 bridgehead atoms. The molecule has 156 valence electrons. The van der Waals surface area contributed by atoms with Crippen LogP contribution in [0.1, 0.15) is 85.0 Å². The molecule has 6 unspecified atom stereocenters. The molecule has 5 rings (SSSR count). The van der Waals surface area contributed by atoms with Gasteiger partial charge in [0.25, 0.3) is 0 Å². The number of fused-ring (bicyclic) bond motifs is 5. The molecule has 28 heavy (non-hydrogen) atoms. The number of hydrogen-bond acceptors (Lipinski definition) is 2. The van der Waals surface area contributed by atoms with E-state index in [1.54, 1.807) is 11.1 Å². The lowest BCUT2D eigenvalue weighted by Gasteiger charge is -2.58. The van der Waals surface area contributed by atoms with Crippen molar-refractivity contribution in [1.29, 1.82) is 0 Å². The molecule has 6 atom stereocenters. The zero-order valence-corrected chi connectivity index (χ0v) is 18.7. The third kappa shape index (κ3) is 2.80. The van der Waals surface area contributed by atoms with Crippen molar-refractivity contribution in [1.82, 2.24) is 4.72 Å². The highest BCUT2D eigenvalue weighted by Crippen LogP contribution is 2.65. The molecule has 5 aliphatic rings. The Hall–Kier alpha value is -0.610. The van der Waals surface area contributed by atoms with Gasteiger partial charge in [-0.15, -0.1) is 0 Å². The summed E-state index contributed by atoms with van der Waals surface area (Å²) in [4.78, 5) is 0. The molecule has 3 saturated carbocycles. The lowest BCUT2D eigenvalue weighted by molar-refractivity contribution is -0.0192. The standard InChI is InChI=1S/C24H37NO2S/c1-4-16-6-10-21-20-9-5-17-15-18(25-28(26,27)19-7-8-19)11-13-24(17,3)22(20)12-14-23(16,21)2/h5-6,18-22,25H,4,7-15H2,1-3H3. The first kappa shape index (κ1) is 19.4. The van der Waals surface area contributed by atoms with Crippen LogP contribution in [0.4, 0.5) is 0 Å². The van der Waals surface area contributed by atoms with Crippen LogP contribution < -0.4 is 4.72 Å². The molecule has 0 aromatic heterocycles. The molecule has 0 saturated heterocycles. The second-order valence-corrected chi connectivity index (χ2v) is 12.8. The van der Waals surface area contributed by atoms with E-state index in [1.165, 1.54) is 32.1 Å². The normalized spacial score (nSPS) is 45.5. The van der Waals surface area contributed by atoms with E-state index in [1.807, 2.05) is 0 Å².